The lowest BCUT2D eigenvalue weighted by Gasteiger charge is -2.49. The van der Waals surface area contributed by atoms with Crippen LogP contribution >= 0.6 is 23.2 Å². The zero-order chi connectivity index (χ0) is 18.8. The first-order valence-electron chi connectivity index (χ1n) is 10.4. The highest BCUT2D eigenvalue weighted by Gasteiger charge is 2.44. The Balaban J connectivity index is 1.88. The molecule has 1 fully saturated rings. The molecule has 1 unspecified atom stereocenters. The summed E-state index contributed by atoms with van der Waals surface area (Å²) in [4.78, 5) is 0. The molecule has 1 aromatic rings. The summed E-state index contributed by atoms with van der Waals surface area (Å²) in [6.07, 6.45) is 13.3. The first-order valence-corrected chi connectivity index (χ1v) is 11.2. The zero-order valence-electron chi connectivity index (χ0n) is 16.2. The average Bonchev–Trinajstić information content (AvgIpc) is 2.59. The van der Waals surface area contributed by atoms with E-state index in [1.165, 1.54) is 63.4 Å². The van der Waals surface area contributed by atoms with Gasteiger partial charge < -0.3 is 10.4 Å². The molecule has 1 aliphatic carbocycles. The van der Waals surface area contributed by atoms with Crippen LogP contribution in [0.15, 0.2) is 18.2 Å². The molecule has 26 heavy (non-hydrogen) atoms. The SMILES string of the molecule is CCCC(NCCCCCCCCO)C1(c2ccc(Cl)c(Cl)c2)CCC1. The van der Waals surface area contributed by atoms with Crippen molar-refractivity contribution in [3.63, 3.8) is 0 Å². The van der Waals surface area contributed by atoms with Gasteiger partial charge in [-0.1, -0.05) is 74.7 Å². The smallest absolute Gasteiger partial charge is 0.0595 e. The van der Waals surface area contributed by atoms with Crippen LogP contribution in [0.25, 0.3) is 0 Å². The number of benzene rings is 1. The van der Waals surface area contributed by atoms with Crippen molar-refractivity contribution < 1.29 is 5.11 Å². The van der Waals surface area contributed by atoms with Crippen LogP contribution in [0.5, 0.6) is 0 Å². The van der Waals surface area contributed by atoms with E-state index in [2.05, 4.69) is 24.4 Å². The van der Waals surface area contributed by atoms with E-state index in [0.717, 1.165) is 19.4 Å². The van der Waals surface area contributed by atoms with Crippen molar-refractivity contribution in [3.05, 3.63) is 33.8 Å². The fraction of sp³-hybridized carbons (Fsp3) is 0.727. The molecule has 0 aliphatic heterocycles. The molecule has 1 aromatic carbocycles. The van der Waals surface area contributed by atoms with E-state index in [4.69, 9.17) is 28.3 Å². The molecule has 148 valence electrons. The molecule has 4 heteroatoms. The summed E-state index contributed by atoms with van der Waals surface area (Å²) in [7, 11) is 0. The minimum atomic E-state index is 0.228. The fourth-order valence-electron chi connectivity index (χ4n) is 4.28. The van der Waals surface area contributed by atoms with Crippen molar-refractivity contribution in [3.8, 4) is 0 Å². The van der Waals surface area contributed by atoms with Gasteiger partial charge in [0.05, 0.1) is 10.0 Å². The predicted molar refractivity (Wildman–Crippen MR) is 113 cm³/mol. The van der Waals surface area contributed by atoms with E-state index >= 15 is 0 Å². The average molecular weight is 400 g/mol. The van der Waals surface area contributed by atoms with E-state index in [1.807, 2.05) is 6.07 Å². The molecule has 2 nitrogen and oxygen atoms in total. The van der Waals surface area contributed by atoms with Gasteiger partial charge in [-0.05, 0) is 56.3 Å². The Morgan fingerprint density at radius 2 is 1.73 bits per heavy atom. The third kappa shape index (κ3) is 5.86. The zero-order valence-corrected chi connectivity index (χ0v) is 17.7. The maximum atomic E-state index is 8.82. The number of nitrogens with one attached hydrogen (secondary N) is 1. The highest BCUT2D eigenvalue weighted by Crippen LogP contribution is 2.48. The predicted octanol–water partition coefficient (Wildman–Crippen LogP) is 6.51. The number of unbranched alkanes of at least 4 members (excludes halogenated alkanes) is 5. The number of hydrogen-bond acceptors (Lipinski definition) is 2. The van der Waals surface area contributed by atoms with Crippen molar-refractivity contribution in [2.75, 3.05) is 13.2 Å². The Morgan fingerprint density at radius 3 is 2.31 bits per heavy atom. The van der Waals surface area contributed by atoms with Crippen molar-refractivity contribution in [1.29, 1.82) is 0 Å². The molecule has 0 amide bonds. The van der Waals surface area contributed by atoms with Crippen LogP contribution < -0.4 is 5.32 Å². The fourth-order valence-corrected chi connectivity index (χ4v) is 4.58. The van der Waals surface area contributed by atoms with Gasteiger partial charge in [0.15, 0.2) is 0 Å². The van der Waals surface area contributed by atoms with Crippen LogP contribution in [0.4, 0.5) is 0 Å². The maximum Gasteiger partial charge on any atom is 0.0595 e. The summed E-state index contributed by atoms with van der Waals surface area (Å²) in [5.41, 5.74) is 1.58. The summed E-state index contributed by atoms with van der Waals surface area (Å²) < 4.78 is 0. The molecule has 0 spiro atoms. The van der Waals surface area contributed by atoms with Gasteiger partial charge in [0.25, 0.3) is 0 Å². The first-order chi connectivity index (χ1) is 12.6. The van der Waals surface area contributed by atoms with E-state index < -0.39 is 0 Å². The minimum absolute atomic E-state index is 0.228. The highest BCUT2D eigenvalue weighted by molar-refractivity contribution is 6.42. The van der Waals surface area contributed by atoms with Crippen LogP contribution in [-0.2, 0) is 5.41 Å². The molecule has 0 saturated heterocycles. The van der Waals surface area contributed by atoms with E-state index in [-0.39, 0.29) is 5.41 Å². The molecule has 2 rings (SSSR count). The molecule has 1 atom stereocenters. The number of rotatable bonds is 13. The van der Waals surface area contributed by atoms with Gasteiger partial charge >= 0.3 is 0 Å². The van der Waals surface area contributed by atoms with Crippen LogP contribution in [0.2, 0.25) is 10.0 Å². The van der Waals surface area contributed by atoms with Gasteiger partial charge in [-0.2, -0.15) is 0 Å². The second-order valence-electron chi connectivity index (χ2n) is 7.78. The van der Waals surface area contributed by atoms with E-state index in [0.29, 0.717) is 22.7 Å². The van der Waals surface area contributed by atoms with Gasteiger partial charge in [-0.15, -0.1) is 0 Å². The lowest BCUT2D eigenvalue weighted by Crippen LogP contribution is -2.53. The summed E-state index contributed by atoms with van der Waals surface area (Å²) in [5, 5.41) is 14.0. The molecule has 2 N–H and O–H groups in total. The Hall–Kier alpha value is -0.280. The van der Waals surface area contributed by atoms with Crippen molar-refractivity contribution >= 4 is 23.2 Å². The summed E-state index contributed by atoms with van der Waals surface area (Å²) in [6, 6.07) is 6.75. The van der Waals surface area contributed by atoms with Gasteiger partial charge in [0.1, 0.15) is 0 Å². The lowest BCUT2D eigenvalue weighted by molar-refractivity contribution is 0.160. The first kappa shape index (κ1) is 22.0. The molecule has 0 radical (unpaired) electrons. The monoisotopic (exact) mass is 399 g/mol. The number of aliphatic hydroxyl groups is 1. The minimum Gasteiger partial charge on any atom is -0.396 e. The van der Waals surface area contributed by atoms with Crippen molar-refractivity contribution in [2.24, 2.45) is 0 Å². The maximum absolute atomic E-state index is 8.82. The topological polar surface area (TPSA) is 32.3 Å². The molecule has 0 heterocycles. The second-order valence-corrected chi connectivity index (χ2v) is 8.59. The summed E-state index contributed by atoms with van der Waals surface area (Å²) in [6.45, 7) is 3.70. The number of hydrogen-bond donors (Lipinski definition) is 2. The lowest BCUT2D eigenvalue weighted by atomic mass is 9.59. The molecular weight excluding hydrogens is 365 g/mol. The second kappa shape index (κ2) is 11.5. The van der Waals surface area contributed by atoms with E-state index in [9.17, 15) is 0 Å². The number of halogens is 2. The normalized spacial score (nSPS) is 17.1. The molecule has 0 bridgehead atoms. The van der Waals surface area contributed by atoms with Crippen LogP contribution in [-0.4, -0.2) is 24.3 Å². The third-order valence-electron chi connectivity index (χ3n) is 5.96. The van der Waals surface area contributed by atoms with Crippen molar-refractivity contribution in [1.82, 2.24) is 5.32 Å². The highest BCUT2D eigenvalue weighted by atomic mass is 35.5. The summed E-state index contributed by atoms with van der Waals surface area (Å²) >= 11 is 12.4. The van der Waals surface area contributed by atoms with Gasteiger partial charge in [-0.3, -0.25) is 0 Å². The Kier molecular flexibility index (Phi) is 9.77. The van der Waals surface area contributed by atoms with E-state index in [1.54, 1.807) is 0 Å². The van der Waals surface area contributed by atoms with Crippen molar-refractivity contribution in [2.45, 2.75) is 89.0 Å². The Morgan fingerprint density at radius 1 is 1.04 bits per heavy atom. The molecule has 1 aliphatic rings. The third-order valence-corrected chi connectivity index (χ3v) is 6.70. The standard InChI is InChI=1S/C22H35Cl2NO/c1-2-10-21(25-15-7-5-3-4-6-8-16-26)22(13-9-14-22)18-11-12-19(23)20(24)17-18/h11-12,17,21,25-26H,2-10,13-16H2,1H3. The van der Waals surface area contributed by atoms with Gasteiger partial charge in [-0.25, -0.2) is 0 Å². The number of aliphatic hydroxyl groups excluding tert-OH is 1. The Labute approximate surface area is 169 Å². The van der Waals surface area contributed by atoms with Crippen LogP contribution in [0, 0.1) is 0 Å². The molecule has 0 aromatic heterocycles. The largest absolute Gasteiger partial charge is 0.396 e. The molecule has 1 saturated carbocycles. The molecular formula is C22H35Cl2NO. The Bertz CT molecular complexity index is 531. The van der Waals surface area contributed by atoms with Gasteiger partial charge in [0.2, 0.25) is 0 Å². The quantitative estimate of drug-likeness (QED) is 0.370. The van der Waals surface area contributed by atoms with Crippen LogP contribution in [0.1, 0.15) is 83.1 Å². The van der Waals surface area contributed by atoms with Gasteiger partial charge in [0, 0.05) is 18.1 Å². The van der Waals surface area contributed by atoms with Crippen LogP contribution in [0.3, 0.4) is 0 Å². The summed E-state index contributed by atoms with van der Waals surface area (Å²) in [5.74, 6) is 0.